The highest BCUT2D eigenvalue weighted by Crippen LogP contribution is 2.27. The lowest BCUT2D eigenvalue weighted by Gasteiger charge is -2.16. The Morgan fingerprint density at radius 2 is 1.74 bits per heavy atom. The van der Waals surface area contributed by atoms with Crippen LogP contribution in [-0.4, -0.2) is 21.0 Å². The Labute approximate surface area is 110 Å². The molecule has 0 heterocycles. The van der Waals surface area contributed by atoms with E-state index >= 15 is 0 Å². The van der Waals surface area contributed by atoms with Crippen molar-refractivity contribution in [3.63, 3.8) is 0 Å². The minimum absolute atomic E-state index is 0.317. The average Bonchev–Trinajstić information content (AvgIpc) is 2.26. The zero-order valence-electron chi connectivity index (χ0n) is 9.06. The van der Waals surface area contributed by atoms with Gasteiger partial charge in [-0.2, -0.15) is 17.6 Å². The van der Waals surface area contributed by atoms with Crippen LogP contribution in [-0.2, 0) is 9.05 Å². The lowest BCUT2D eigenvalue weighted by atomic mass is 10.2. The van der Waals surface area contributed by atoms with Gasteiger partial charge in [0, 0.05) is 16.1 Å². The summed E-state index contributed by atoms with van der Waals surface area (Å²) in [6.07, 6.45) is -7.43. The zero-order valence-corrected chi connectivity index (χ0v) is 10.6. The van der Waals surface area contributed by atoms with Gasteiger partial charge in [0.25, 0.3) is 9.05 Å². The van der Waals surface area contributed by atoms with Crippen molar-refractivity contribution in [3.05, 3.63) is 35.2 Å². The summed E-state index contributed by atoms with van der Waals surface area (Å²) in [5.74, 6) is -0.476. The minimum atomic E-state index is -4.59. The number of benzene rings is 1. The minimum Gasteiger partial charge on any atom is -0.428 e. The Balaban J connectivity index is 2.81. The molecule has 0 fully saturated rings. The van der Waals surface area contributed by atoms with E-state index < -0.39 is 27.3 Å². The monoisotopic (exact) mass is 318 g/mol. The summed E-state index contributed by atoms with van der Waals surface area (Å²) >= 11 is 0. The number of rotatable bonds is 5. The fourth-order valence-electron chi connectivity index (χ4n) is 1.01. The lowest BCUT2D eigenvalue weighted by Crippen LogP contribution is -2.33. The van der Waals surface area contributed by atoms with Crippen LogP contribution >= 0.6 is 10.7 Å². The van der Waals surface area contributed by atoms with Crippen LogP contribution in [0.1, 0.15) is 5.56 Å². The quantitative estimate of drug-likeness (QED) is 0.617. The molecule has 3 nitrogen and oxygen atoms in total. The molecule has 0 aliphatic carbocycles. The summed E-state index contributed by atoms with van der Waals surface area (Å²) in [6, 6.07) is 4.40. The SMILES string of the molecule is O=S(=O)(Cl)/C=C/c1ccc(OC(F)(F)C(F)F)cc1. The van der Waals surface area contributed by atoms with Crippen molar-refractivity contribution in [1.29, 1.82) is 0 Å². The van der Waals surface area contributed by atoms with Crippen LogP contribution in [0.15, 0.2) is 29.7 Å². The molecule has 0 N–H and O–H groups in total. The van der Waals surface area contributed by atoms with E-state index in [0.717, 1.165) is 18.2 Å². The van der Waals surface area contributed by atoms with Crippen molar-refractivity contribution in [2.75, 3.05) is 0 Å². The second-order valence-electron chi connectivity index (χ2n) is 3.31. The van der Waals surface area contributed by atoms with Gasteiger partial charge < -0.3 is 4.74 Å². The third-order valence-corrected chi connectivity index (χ3v) is 2.58. The normalized spacial score (nSPS) is 13.2. The summed E-state index contributed by atoms with van der Waals surface area (Å²) in [7, 11) is 1.08. The third kappa shape index (κ3) is 5.48. The van der Waals surface area contributed by atoms with Gasteiger partial charge in [0.05, 0.1) is 0 Å². The van der Waals surface area contributed by atoms with E-state index in [0.29, 0.717) is 11.0 Å². The standard InChI is InChI=1S/C10H7ClF4O3S/c11-19(16,17)6-5-7-1-3-8(4-2-7)18-10(14,15)9(12)13/h1-6,9H/b6-5+. The molecule has 0 aliphatic rings. The largest absolute Gasteiger partial charge is 0.461 e. The molecule has 0 saturated carbocycles. The van der Waals surface area contributed by atoms with Gasteiger partial charge in [-0.25, -0.2) is 8.42 Å². The molecule has 0 atom stereocenters. The fraction of sp³-hybridized carbons (Fsp3) is 0.200. The van der Waals surface area contributed by atoms with Gasteiger partial charge in [-0.15, -0.1) is 0 Å². The Hall–Kier alpha value is -1.28. The van der Waals surface area contributed by atoms with Gasteiger partial charge in [-0.05, 0) is 23.8 Å². The predicted molar refractivity (Wildman–Crippen MR) is 61.8 cm³/mol. The van der Waals surface area contributed by atoms with Crippen LogP contribution in [0, 0.1) is 0 Å². The summed E-state index contributed by atoms with van der Waals surface area (Å²) < 4.78 is 73.9. The van der Waals surface area contributed by atoms with Crippen LogP contribution in [0.4, 0.5) is 17.6 Å². The van der Waals surface area contributed by atoms with E-state index in [1.165, 1.54) is 12.1 Å². The summed E-state index contributed by atoms with van der Waals surface area (Å²) in [4.78, 5) is 0. The molecule has 0 spiro atoms. The maximum atomic E-state index is 12.6. The van der Waals surface area contributed by atoms with Crippen LogP contribution in [0.3, 0.4) is 0 Å². The Morgan fingerprint density at radius 3 is 2.16 bits per heavy atom. The smallest absolute Gasteiger partial charge is 0.428 e. The molecule has 1 aromatic rings. The molecule has 1 aromatic carbocycles. The maximum Gasteiger partial charge on any atom is 0.461 e. The first-order chi connectivity index (χ1) is 8.60. The van der Waals surface area contributed by atoms with Crippen molar-refractivity contribution in [1.82, 2.24) is 0 Å². The van der Waals surface area contributed by atoms with Crippen LogP contribution in [0.25, 0.3) is 6.08 Å². The van der Waals surface area contributed by atoms with E-state index in [-0.39, 0.29) is 0 Å². The summed E-state index contributed by atoms with van der Waals surface area (Å²) in [5.41, 5.74) is 0.317. The second-order valence-corrected chi connectivity index (χ2v) is 5.83. The topological polar surface area (TPSA) is 43.4 Å². The molecule has 0 aliphatic heterocycles. The van der Waals surface area contributed by atoms with Gasteiger partial charge in [0.1, 0.15) is 5.75 Å². The van der Waals surface area contributed by atoms with E-state index in [1.54, 1.807) is 0 Å². The second kappa shape index (κ2) is 5.79. The Morgan fingerprint density at radius 1 is 1.21 bits per heavy atom. The Kier molecular flexibility index (Phi) is 4.81. The number of alkyl halides is 4. The van der Waals surface area contributed by atoms with Gasteiger partial charge in [-0.3, -0.25) is 0 Å². The van der Waals surface area contributed by atoms with Crippen molar-refractivity contribution in [2.45, 2.75) is 12.5 Å². The summed E-state index contributed by atoms with van der Waals surface area (Å²) in [5, 5.41) is 0.693. The van der Waals surface area contributed by atoms with Gasteiger partial charge in [0.15, 0.2) is 0 Å². The van der Waals surface area contributed by atoms with E-state index in [2.05, 4.69) is 4.74 Å². The molecule has 0 unspecified atom stereocenters. The van der Waals surface area contributed by atoms with Crippen molar-refractivity contribution < 1.29 is 30.7 Å². The van der Waals surface area contributed by atoms with Crippen molar-refractivity contribution in [2.24, 2.45) is 0 Å². The zero-order chi connectivity index (χ0) is 14.7. The molecule has 9 heteroatoms. The lowest BCUT2D eigenvalue weighted by molar-refractivity contribution is -0.253. The van der Waals surface area contributed by atoms with Crippen LogP contribution in [0.5, 0.6) is 5.75 Å². The number of halogens is 5. The van der Waals surface area contributed by atoms with Gasteiger partial charge >= 0.3 is 12.5 Å². The highest BCUT2D eigenvalue weighted by Gasteiger charge is 2.43. The van der Waals surface area contributed by atoms with E-state index in [4.69, 9.17) is 10.7 Å². The van der Waals surface area contributed by atoms with Crippen molar-refractivity contribution >= 4 is 25.8 Å². The highest BCUT2D eigenvalue weighted by molar-refractivity contribution is 8.16. The molecule has 1 rings (SSSR count). The summed E-state index contributed by atoms with van der Waals surface area (Å²) in [6.45, 7) is 0. The molecule has 0 bridgehead atoms. The maximum absolute atomic E-state index is 12.6. The first-order valence-corrected chi connectivity index (χ1v) is 7.05. The fourth-order valence-corrected chi connectivity index (χ4v) is 1.48. The first kappa shape index (κ1) is 15.8. The molecular formula is C10H7ClF4O3S. The molecule has 0 amide bonds. The molecule has 0 aromatic heterocycles. The van der Waals surface area contributed by atoms with Crippen LogP contribution < -0.4 is 4.74 Å². The Bertz CT molecular complexity index is 555. The van der Waals surface area contributed by atoms with Gasteiger partial charge in [0.2, 0.25) is 0 Å². The van der Waals surface area contributed by atoms with Gasteiger partial charge in [-0.1, -0.05) is 12.1 Å². The van der Waals surface area contributed by atoms with Crippen LogP contribution in [0.2, 0.25) is 0 Å². The number of hydrogen-bond donors (Lipinski definition) is 0. The third-order valence-electron chi connectivity index (χ3n) is 1.81. The molecule has 106 valence electrons. The number of ether oxygens (including phenoxy) is 1. The molecule has 19 heavy (non-hydrogen) atoms. The predicted octanol–water partition coefficient (Wildman–Crippen LogP) is 3.46. The number of hydrogen-bond acceptors (Lipinski definition) is 3. The van der Waals surface area contributed by atoms with E-state index in [1.807, 2.05) is 0 Å². The highest BCUT2D eigenvalue weighted by atomic mass is 35.7. The first-order valence-electron chi connectivity index (χ1n) is 4.68. The average molecular weight is 319 g/mol. The molecular weight excluding hydrogens is 312 g/mol. The van der Waals surface area contributed by atoms with Crippen molar-refractivity contribution in [3.8, 4) is 5.75 Å². The van der Waals surface area contributed by atoms with E-state index in [9.17, 15) is 26.0 Å². The molecule has 0 saturated heterocycles. The molecule has 0 radical (unpaired) electrons.